The summed E-state index contributed by atoms with van der Waals surface area (Å²) in [5.74, 6) is 1.58. The number of nitrogen functional groups attached to an aromatic ring is 1. The number of carbonyl (C=O) groups excluding carboxylic acids is 1. The van der Waals surface area contributed by atoms with E-state index in [4.69, 9.17) is 15.2 Å². The van der Waals surface area contributed by atoms with E-state index < -0.39 is 10.8 Å². The van der Waals surface area contributed by atoms with Crippen molar-refractivity contribution in [2.75, 3.05) is 38.0 Å². The highest BCUT2D eigenvalue weighted by Gasteiger charge is 2.15. The van der Waals surface area contributed by atoms with E-state index in [1.54, 1.807) is 0 Å². The lowest BCUT2D eigenvalue weighted by molar-refractivity contribution is 0.0956. The highest BCUT2D eigenvalue weighted by atomic mass is 32.2. The van der Waals surface area contributed by atoms with Gasteiger partial charge in [0.25, 0.3) is 5.91 Å². The van der Waals surface area contributed by atoms with Crippen molar-refractivity contribution in [3.63, 3.8) is 0 Å². The number of hydrogen-bond donors (Lipinski definition) is 2. The van der Waals surface area contributed by atoms with Gasteiger partial charge in [-0.05, 0) is 6.07 Å². The van der Waals surface area contributed by atoms with Crippen molar-refractivity contribution < 1.29 is 18.5 Å². The van der Waals surface area contributed by atoms with E-state index in [1.807, 2.05) is 6.92 Å². The average Bonchev–Trinajstić information content (AvgIpc) is 2.46. The largest absolute Gasteiger partial charge is 0.493 e. The molecule has 0 heterocycles. The molecule has 1 rings (SSSR count). The number of benzene rings is 1. The summed E-state index contributed by atoms with van der Waals surface area (Å²) >= 11 is 0. The number of hydrogen-bond acceptors (Lipinski definition) is 5. The molecule has 0 aromatic heterocycles. The maximum Gasteiger partial charge on any atom is 0.253 e. The molecule has 1 aromatic carbocycles. The normalized spacial score (nSPS) is 11.8. The Bertz CT molecular complexity index is 505. The van der Waals surface area contributed by atoms with Crippen LogP contribution in [0.2, 0.25) is 0 Å². The lowest BCUT2D eigenvalue weighted by Gasteiger charge is -2.12. The predicted octanol–water partition coefficient (Wildman–Crippen LogP) is 0.784. The third-order valence-electron chi connectivity index (χ3n) is 2.74. The van der Waals surface area contributed by atoms with Gasteiger partial charge < -0.3 is 20.5 Å². The van der Waals surface area contributed by atoms with E-state index in [0.29, 0.717) is 40.8 Å². The van der Waals surface area contributed by atoms with Crippen LogP contribution in [0.3, 0.4) is 0 Å². The van der Waals surface area contributed by atoms with Crippen LogP contribution in [0.4, 0.5) is 5.69 Å². The molecule has 1 aromatic rings. The van der Waals surface area contributed by atoms with Crippen LogP contribution < -0.4 is 20.5 Å². The number of carbonyl (C=O) groups is 1. The Balaban J connectivity index is 2.80. The van der Waals surface area contributed by atoms with Gasteiger partial charge in [-0.15, -0.1) is 0 Å². The lowest BCUT2D eigenvalue weighted by atomic mass is 10.1. The zero-order chi connectivity index (χ0) is 15.1. The molecule has 0 radical (unpaired) electrons. The second-order valence-corrected chi connectivity index (χ2v) is 5.85. The number of nitrogens with two attached hydrogens (primary N) is 1. The molecule has 1 unspecified atom stereocenters. The third kappa shape index (κ3) is 4.12. The fourth-order valence-electron chi connectivity index (χ4n) is 1.61. The number of methoxy groups -OCH3 is 2. The van der Waals surface area contributed by atoms with Crippen LogP contribution in [0, 0.1) is 0 Å². The fraction of sp³-hybridized carbons (Fsp3) is 0.462. The molecule has 0 aliphatic carbocycles. The minimum absolute atomic E-state index is 0.303. The van der Waals surface area contributed by atoms with Gasteiger partial charge in [-0.25, -0.2) is 0 Å². The molecule has 1 atom stereocenters. The van der Waals surface area contributed by atoms with Gasteiger partial charge >= 0.3 is 0 Å². The summed E-state index contributed by atoms with van der Waals surface area (Å²) in [6.45, 7) is 2.18. The van der Waals surface area contributed by atoms with Gasteiger partial charge in [0.1, 0.15) is 0 Å². The van der Waals surface area contributed by atoms with Crippen LogP contribution in [-0.4, -0.2) is 42.4 Å². The molecule has 3 N–H and O–H groups in total. The summed E-state index contributed by atoms with van der Waals surface area (Å²) < 4.78 is 21.5. The molecular weight excluding hydrogens is 280 g/mol. The molecule has 112 valence electrons. The minimum Gasteiger partial charge on any atom is -0.493 e. The van der Waals surface area contributed by atoms with E-state index >= 15 is 0 Å². The van der Waals surface area contributed by atoms with Crippen LogP contribution >= 0.6 is 0 Å². The monoisotopic (exact) mass is 300 g/mol. The molecule has 0 saturated carbocycles. The SMILES string of the molecule is CCS(=O)CCNC(=O)c1cc(OC)c(OC)cc1N. The molecule has 1 amide bonds. The first-order valence-corrected chi connectivity index (χ1v) is 7.66. The summed E-state index contributed by atoms with van der Waals surface area (Å²) in [6, 6.07) is 3.07. The predicted molar refractivity (Wildman–Crippen MR) is 79.8 cm³/mol. The zero-order valence-corrected chi connectivity index (χ0v) is 12.7. The average molecular weight is 300 g/mol. The fourth-order valence-corrected chi connectivity index (χ4v) is 2.23. The summed E-state index contributed by atoms with van der Waals surface area (Å²) in [4.78, 5) is 12.0. The van der Waals surface area contributed by atoms with Crippen molar-refractivity contribution in [3.05, 3.63) is 17.7 Å². The first-order chi connectivity index (χ1) is 9.53. The van der Waals surface area contributed by atoms with Crippen molar-refractivity contribution >= 4 is 22.4 Å². The lowest BCUT2D eigenvalue weighted by Crippen LogP contribution is -2.28. The van der Waals surface area contributed by atoms with Crippen LogP contribution in [-0.2, 0) is 10.8 Å². The van der Waals surface area contributed by atoms with Crippen molar-refractivity contribution in [3.8, 4) is 11.5 Å². The molecule has 0 bridgehead atoms. The minimum atomic E-state index is -0.907. The van der Waals surface area contributed by atoms with E-state index in [1.165, 1.54) is 26.4 Å². The third-order valence-corrected chi connectivity index (χ3v) is 4.04. The van der Waals surface area contributed by atoms with Crippen LogP contribution in [0.15, 0.2) is 12.1 Å². The Morgan fingerprint density at radius 3 is 2.45 bits per heavy atom. The van der Waals surface area contributed by atoms with Gasteiger partial charge in [0.05, 0.1) is 19.8 Å². The Hall–Kier alpha value is -1.76. The molecular formula is C13H20N2O4S. The smallest absolute Gasteiger partial charge is 0.253 e. The van der Waals surface area contributed by atoms with Gasteiger partial charge in [0, 0.05) is 40.6 Å². The maximum absolute atomic E-state index is 12.0. The summed E-state index contributed by atoms with van der Waals surface area (Å²) in [7, 11) is 2.08. The summed E-state index contributed by atoms with van der Waals surface area (Å²) in [6.07, 6.45) is 0. The van der Waals surface area contributed by atoms with Crippen molar-refractivity contribution in [1.29, 1.82) is 0 Å². The second kappa shape index (κ2) is 7.74. The summed E-state index contributed by atoms with van der Waals surface area (Å²) in [5.41, 5.74) is 6.44. The van der Waals surface area contributed by atoms with Crippen molar-refractivity contribution in [1.82, 2.24) is 5.32 Å². The number of rotatable bonds is 7. The quantitative estimate of drug-likeness (QED) is 0.726. The van der Waals surface area contributed by atoms with Gasteiger partial charge in [-0.1, -0.05) is 6.92 Å². The number of ether oxygens (including phenoxy) is 2. The van der Waals surface area contributed by atoms with Crippen LogP contribution in [0.25, 0.3) is 0 Å². The van der Waals surface area contributed by atoms with Gasteiger partial charge in [0.15, 0.2) is 11.5 Å². The molecule has 7 heteroatoms. The van der Waals surface area contributed by atoms with E-state index in [-0.39, 0.29) is 5.91 Å². The Morgan fingerprint density at radius 1 is 1.30 bits per heavy atom. The standard InChI is InChI=1S/C13H20N2O4S/c1-4-20(17)6-5-15-13(16)9-7-11(18-2)12(19-3)8-10(9)14/h7-8H,4-6,14H2,1-3H3,(H,15,16). The topological polar surface area (TPSA) is 90.7 Å². The number of anilines is 1. The van der Waals surface area contributed by atoms with Crippen LogP contribution in [0.1, 0.15) is 17.3 Å². The van der Waals surface area contributed by atoms with Gasteiger partial charge in [-0.3, -0.25) is 9.00 Å². The van der Waals surface area contributed by atoms with Gasteiger partial charge in [-0.2, -0.15) is 0 Å². The van der Waals surface area contributed by atoms with Crippen LogP contribution in [0.5, 0.6) is 11.5 Å². The molecule has 0 spiro atoms. The Kier molecular flexibility index (Phi) is 6.30. The maximum atomic E-state index is 12.0. The summed E-state index contributed by atoms with van der Waals surface area (Å²) in [5, 5.41) is 2.69. The van der Waals surface area contributed by atoms with Crippen molar-refractivity contribution in [2.24, 2.45) is 0 Å². The highest BCUT2D eigenvalue weighted by molar-refractivity contribution is 7.84. The zero-order valence-electron chi connectivity index (χ0n) is 11.9. The first-order valence-electron chi connectivity index (χ1n) is 6.18. The molecule has 0 aliphatic heterocycles. The van der Waals surface area contributed by atoms with E-state index in [9.17, 15) is 9.00 Å². The van der Waals surface area contributed by atoms with E-state index in [0.717, 1.165) is 0 Å². The second-order valence-electron chi connectivity index (χ2n) is 3.98. The molecule has 6 nitrogen and oxygen atoms in total. The molecule has 0 fully saturated rings. The Morgan fingerprint density at radius 2 is 1.90 bits per heavy atom. The molecule has 20 heavy (non-hydrogen) atoms. The number of amides is 1. The van der Waals surface area contributed by atoms with Crippen molar-refractivity contribution in [2.45, 2.75) is 6.92 Å². The number of nitrogens with one attached hydrogen (secondary N) is 1. The van der Waals surface area contributed by atoms with Gasteiger partial charge in [0.2, 0.25) is 0 Å². The molecule has 0 aliphatic rings. The highest BCUT2D eigenvalue weighted by Crippen LogP contribution is 2.31. The van der Waals surface area contributed by atoms with E-state index in [2.05, 4.69) is 5.32 Å². The Labute approximate surface area is 121 Å². The first kappa shape index (κ1) is 16.3. The molecule has 0 saturated heterocycles.